The molecule has 0 unspecified atom stereocenters. The summed E-state index contributed by atoms with van der Waals surface area (Å²) in [5, 5.41) is 0. The first-order valence-corrected chi connectivity index (χ1v) is 5.87. The zero-order valence-electron chi connectivity index (χ0n) is 9.21. The third kappa shape index (κ3) is 1.99. The summed E-state index contributed by atoms with van der Waals surface area (Å²) in [6.45, 7) is 0. The molecule has 0 saturated heterocycles. The highest BCUT2D eigenvalue weighted by molar-refractivity contribution is 5.80. The molecule has 1 saturated carbocycles. The van der Waals surface area contributed by atoms with Gasteiger partial charge in [0.1, 0.15) is 0 Å². The molecule has 0 N–H and O–H groups in total. The van der Waals surface area contributed by atoms with Gasteiger partial charge in [-0.3, -0.25) is 4.99 Å². The van der Waals surface area contributed by atoms with Crippen molar-refractivity contribution in [1.29, 1.82) is 0 Å². The second kappa shape index (κ2) is 4.09. The molecule has 1 heteroatoms. The normalized spacial score (nSPS) is 27.4. The smallest absolute Gasteiger partial charge is 0.0575 e. The summed E-state index contributed by atoms with van der Waals surface area (Å²) in [5.41, 5.74) is 2.77. The fraction of sp³-hybridized carbons (Fsp3) is 0.267. The van der Waals surface area contributed by atoms with Gasteiger partial charge >= 0.3 is 0 Å². The molecule has 0 bridgehead atoms. The van der Waals surface area contributed by atoms with E-state index in [-0.39, 0.29) is 0 Å². The number of aliphatic imine (C=N–C) groups is 1. The molecule has 16 heavy (non-hydrogen) atoms. The lowest BCUT2D eigenvalue weighted by atomic mass is 10.1. The van der Waals surface area contributed by atoms with Crippen LogP contribution < -0.4 is 0 Å². The second-order valence-electron chi connectivity index (χ2n) is 4.47. The quantitative estimate of drug-likeness (QED) is 0.676. The summed E-state index contributed by atoms with van der Waals surface area (Å²) >= 11 is 0. The maximum Gasteiger partial charge on any atom is 0.0575 e. The first-order valence-electron chi connectivity index (χ1n) is 5.87. The minimum absolute atomic E-state index is 0.518. The van der Waals surface area contributed by atoms with Gasteiger partial charge in [-0.25, -0.2) is 0 Å². The SMILES string of the molecule is C1=CCC(C=N[C@H]2C[C@@H]2c2ccccc2)=C1. The van der Waals surface area contributed by atoms with Gasteiger partial charge in [0.25, 0.3) is 0 Å². The molecule has 3 rings (SSSR count). The molecule has 1 aromatic carbocycles. The Morgan fingerprint density at radius 3 is 2.81 bits per heavy atom. The van der Waals surface area contributed by atoms with Gasteiger partial charge in [0.2, 0.25) is 0 Å². The van der Waals surface area contributed by atoms with E-state index in [4.69, 9.17) is 0 Å². The van der Waals surface area contributed by atoms with Gasteiger partial charge in [-0.05, 0) is 24.0 Å². The topological polar surface area (TPSA) is 12.4 Å². The van der Waals surface area contributed by atoms with Crippen LogP contribution in [-0.4, -0.2) is 12.3 Å². The molecule has 0 radical (unpaired) electrons. The van der Waals surface area contributed by atoms with E-state index in [1.165, 1.54) is 17.6 Å². The first kappa shape index (κ1) is 9.59. The van der Waals surface area contributed by atoms with Gasteiger partial charge in [-0.15, -0.1) is 0 Å². The molecule has 2 atom stereocenters. The number of hydrogen-bond donors (Lipinski definition) is 0. The number of benzene rings is 1. The van der Waals surface area contributed by atoms with Gasteiger partial charge in [-0.1, -0.05) is 48.6 Å². The van der Waals surface area contributed by atoms with E-state index in [1.54, 1.807) is 0 Å². The van der Waals surface area contributed by atoms with Crippen LogP contribution in [0.4, 0.5) is 0 Å². The van der Waals surface area contributed by atoms with Crippen LogP contribution in [0, 0.1) is 0 Å². The molecule has 0 spiro atoms. The number of rotatable bonds is 3. The molecule has 1 nitrogen and oxygen atoms in total. The van der Waals surface area contributed by atoms with Crippen LogP contribution in [0.5, 0.6) is 0 Å². The summed E-state index contributed by atoms with van der Waals surface area (Å²) in [5.74, 6) is 0.660. The van der Waals surface area contributed by atoms with Crippen LogP contribution in [0.3, 0.4) is 0 Å². The molecule has 0 aliphatic heterocycles. The molecule has 0 amide bonds. The van der Waals surface area contributed by atoms with E-state index in [0.717, 1.165) is 6.42 Å². The number of hydrogen-bond acceptors (Lipinski definition) is 1. The summed E-state index contributed by atoms with van der Waals surface area (Å²) in [6.07, 6.45) is 10.7. The number of nitrogens with zero attached hydrogens (tertiary/aromatic N) is 1. The van der Waals surface area contributed by atoms with Crippen molar-refractivity contribution in [3.8, 4) is 0 Å². The van der Waals surface area contributed by atoms with Gasteiger partial charge in [0, 0.05) is 12.1 Å². The van der Waals surface area contributed by atoms with E-state index in [2.05, 4.69) is 53.6 Å². The van der Waals surface area contributed by atoms with Crippen molar-refractivity contribution in [3.63, 3.8) is 0 Å². The van der Waals surface area contributed by atoms with Gasteiger partial charge in [0.15, 0.2) is 0 Å². The van der Waals surface area contributed by atoms with Crippen molar-refractivity contribution in [2.75, 3.05) is 0 Å². The van der Waals surface area contributed by atoms with Crippen molar-refractivity contribution in [2.45, 2.75) is 24.8 Å². The molecular formula is C15H15N. The Labute approximate surface area is 96.2 Å². The van der Waals surface area contributed by atoms with Crippen LogP contribution in [0.1, 0.15) is 24.3 Å². The zero-order valence-corrected chi connectivity index (χ0v) is 9.21. The number of allylic oxidation sites excluding steroid dienone is 4. The van der Waals surface area contributed by atoms with E-state index in [1.807, 2.05) is 6.21 Å². The summed E-state index contributed by atoms with van der Waals surface area (Å²) in [7, 11) is 0. The maximum absolute atomic E-state index is 4.64. The van der Waals surface area contributed by atoms with E-state index >= 15 is 0 Å². The lowest BCUT2D eigenvalue weighted by Crippen LogP contribution is -1.87. The Kier molecular flexibility index (Phi) is 2.45. The third-order valence-electron chi connectivity index (χ3n) is 3.22. The Morgan fingerprint density at radius 2 is 2.06 bits per heavy atom. The Morgan fingerprint density at radius 1 is 1.19 bits per heavy atom. The first-order chi connectivity index (χ1) is 7.93. The monoisotopic (exact) mass is 209 g/mol. The highest BCUT2D eigenvalue weighted by Gasteiger charge is 2.37. The Balaban J connectivity index is 1.60. The lowest BCUT2D eigenvalue weighted by molar-refractivity contribution is 0.994. The fourth-order valence-corrected chi connectivity index (χ4v) is 2.16. The third-order valence-corrected chi connectivity index (χ3v) is 3.22. The summed E-state index contributed by atoms with van der Waals surface area (Å²) in [6, 6.07) is 11.2. The highest BCUT2D eigenvalue weighted by atomic mass is 14.8. The zero-order chi connectivity index (χ0) is 10.8. The summed E-state index contributed by atoms with van der Waals surface area (Å²) < 4.78 is 0. The Hall–Kier alpha value is -1.63. The van der Waals surface area contributed by atoms with Gasteiger partial charge < -0.3 is 0 Å². The summed E-state index contributed by atoms with van der Waals surface area (Å²) in [4.78, 5) is 4.64. The predicted octanol–water partition coefficient (Wildman–Crippen LogP) is 3.50. The molecule has 80 valence electrons. The van der Waals surface area contributed by atoms with Crippen molar-refractivity contribution >= 4 is 6.21 Å². The molecule has 0 aromatic heterocycles. The minimum atomic E-state index is 0.518. The van der Waals surface area contributed by atoms with Crippen molar-refractivity contribution in [3.05, 3.63) is 59.7 Å². The predicted molar refractivity (Wildman–Crippen MR) is 67.9 cm³/mol. The van der Waals surface area contributed by atoms with Crippen LogP contribution >= 0.6 is 0 Å². The van der Waals surface area contributed by atoms with Crippen LogP contribution in [0.15, 0.2) is 59.1 Å². The highest BCUT2D eigenvalue weighted by Crippen LogP contribution is 2.43. The standard InChI is InChI=1S/C15H15N/c1-2-8-13(9-3-1)14-10-15(14)16-11-12-6-4-5-7-12/h1-6,8-9,11,14-15H,7,10H2/t14-,15+/m1/s1. The molecule has 0 heterocycles. The molecule has 2 aliphatic rings. The van der Waals surface area contributed by atoms with Crippen molar-refractivity contribution in [2.24, 2.45) is 4.99 Å². The largest absolute Gasteiger partial charge is 0.289 e. The Bertz CT molecular complexity index is 454. The van der Waals surface area contributed by atoms with Gasteiger partial charge in [0.05, 0.1) is 6.04 Å². The maximum atomic E-state index is 4.64. The minimum Gasteiger partial charge on any atom is -0.289 e. The lowest BCUT2D eigenvalue weighted by Gasteiger charge is -1.96. The van der Waals surface area contributed by atoms with E-state index in [9.17, 15) is 0 Å². The molecule has 2 aliphatic carbocycles. The average Bonchev–Trinajstić information content (AvgIpc) is 2.93. The second-order valence-corrected chi connectivity index (χ2v) is 4.47. The van der Waals surface area contributed by atoms with Crippen molar-refractivity contribution in [1.82, 2.24) is 0 Å². The molecule has 1 aromatic rings. The van der Waals surface area contributed by atoms with Crippen molar-refractivity contribution < 1.29 is 0 Å². The molecular weight excluding hydrogens is 194 g/mol. The van der Waals surface area contributed by atoms with Gasteiger partial charge in [-0.2, -0.15) is 0 Å². The van der Waals surface area contributed by atoms with E-state index < -0.39 is 0 Å². The van der Waals surface area contributed by atoms with Crippen LogP contribution in [0.2, 0.25) is 0 Å². The van der Waals surface area contributed by atoms with Crippen LogP contribution in [0.25, 0.3) is 0 Å². The van der Waals surface area contributed by atoms with E-state index in [0.29, 0.717) is 12.0 Å². The fourth-order valence-electron chi connectivity index (χ4n) is 2.16. The average molecular weight is 209 g/mol. The van der Waals surface area contributed by atoms with Crippen LogP contribution in [-0.2, 0) is 0 Å². The molecule has 1 fully saturated rings.